The summed E-state index contributed by atoms with van der Waals surface area (Å²) in [4.78, 5) is 11.1. The van der Waals surface area contributed by atoms with Crippen molar-refractivity contribution in [2.75, 3.05) is 6.61 Å². The molecular weight excluding hydrogens is 212 g/mol. The number of allylic oxidation sites excluding steroid dienone is 4. The lowest BCUT2D eigenvalue weighted by Gasteiger charge is -2.13. The maximum atomic E-state index is 11.1. The molecule has 2 heteroatoms. The van der Waals surface area contributed by atoms with Crippen molar-refractivity contribution >= 4 is 5.97 Å². The van der Waals surface area contributed by atoms with Gasteiger partial charge in [-0.2, -0.15) is 0 Å². The summed E-state index contributed by atoms with van der Waals surface area (Å²) >= 11 is 0. The van der Waals surface area contributed by atoms with Crippen molar-refractivity contribution < 1.29 is 9.53 Å². The van der Waals surface area contributed by atoms with Crippen LogP contribution >= 0.6 is 0 Å². The van der Waals surface area contributed by atoms with Crippen molar-refractivity contribution in [2.45, 2.75) is 45.4 Å². The molecule has 1 fully saturated rings. The summed E-state index contributed by atoms with van der Waals surface area (Å²) in [5.74, 6) is -0.273. The molecule has 0 heterocycles. The van der Waals surface area contributed by atoms with E-state index in [2.05, 4.69) is 12.7 Å². The standard InChI is InChI=1S/C15H22O2/c1-3-17-15(16)11-7-8-13(2)12-14-9-5-4-6-10-14/h7,11-12H,2-6,8-10H2,1H3/b11-7-. The Morgan fingerprint density at radius 3 is 2.71 bits per heavy atom. The minimum absolute atomic E-state index is 0.273. The van der Waals surface area contributed by atoms with E-state index in [0.717, 1.165) is 12.0 Å². The third-order valence-corrected chi connectivity index (χ3v) is 2.82. The van der Waals surface area contributed by atoms with E-state index in [1.807, 2.05) is 6.08 Å². The van der Waals surface area contributed by atoms with E-state index in [4.69, 9.17) is 4.74 Å². The van der Waals surface area contributed by atoms with Gasteiger partial charge in [0.1, 0.15) is 0 Å². The van der Waals surface area contributed by atoms with Crippen LogP contribution in [0.4, 0.5) is 0 Å². The van der Waals surface area contributed by atoms with Crippen LogP contribution in [0, 0.1) is 0 Å². The van der Waals surface area contributed by atoms with Gasteiger partial charge in [0.25, 0.3) is 0 Å². The minimum atomic E-state index is -0.273. The van der Waals surface area contributed by atoms with Crippen molar-refractivity contribution in [2.24, 2.45) is 0 Å². The third-order valence-electron chi connectivity index (χ3n) is 2.82. The van der Waals surface area contributed by atoms with Gasteiger partial charge < -0.3 is 4.74 Å². The summed E-state index contributed by atoms with van der Waals surface area (Å²) in [6.45, 7) is 6.24. The van der Waals surface area contributed by atoms with Gasteiger partial charge in [-0.1, -0.05) is 36.3 Å². The topological polar surface area (TPSA) is 26.3 Å². The van der Waals surface area contributed by atoms with Gasteiger partial charge in [-0.15, -0.1) is 0 Å². The molecule has 1 aliphatic rings. The van der Waals surface area contributed by atoms with Gasteiger partial charge in [0.15, 0.2) is 0 Å². The largest absolute Gasteiger partial charge is 0.463 e. The Morgan fingerprint density at radius 2 is 2.06 bits per heavy atom. The van der Waals surface area contributed by atoms with E-state index < -0.39 is 0 Å². The maximum Gasteiger partial charge on any atom is 0.330 e. The van der Waals surface area contributed by atoms with Gasteiger partial charge in [-0.05, 0) is 39.0 Å². The summed E-state index contributed by atoms with van der Waals surface area (Å²) < 4.78 is 4.80. The van der Waals surface area contributed by atoms with Crippen molar-refractivity contribution in [3.05, 3.63) is 36.0 Å². The van der Waals surface area contributed by atoms with Gasteiger partial charge in [-0.3, -0.25) is 0 Å². The zero-order valence-electron chi connectivity index (χ0n) is 10.7. The van der Waals surface area contributed by atoms with Crippen LogP contribution in [0.2, 0.25) is 0 Å². The number of carbonyl (C=O) groups excluding carboxylic acids is 1. The second-order valence-electron chi connectivity index (χ2n) is 4.38. The van der Waals surface area contributed by atoms with Gasteiger partial charge in [-0.25, -0.2) is 4.79 Å². The summed E-state index contributed by atoms with van der Waals surface area (Å²) in [7, 11) is 0. The first-order valence-corrected chi connectivity index (χ1v) is 6.43. The Morgan fingerprint density at radius 1 is 1.35 bits per heavy atom. The maximum absolute atomic E-state index is 11.1. The second-order valence-corrected chi connectivity index (χ2v) is 4.38. The summed E-state index contributed by atoms with van der Waals surface area (Å²) in [5, 5.41) is 0. The summed E-state index contributed by atoms with van der Waals surface area (Å²) in [6.07, 6.45) is 12.6. The molecule has 0 aromatic carbocycles. The second kappa shape index (κ2) is 7.88. The van der Waals surface area contributed by atoms with Crippen LogP contribution < -0.4 is 0 Å². The Kier molecular flexibility index (Phi) is 6.38. The highest BCUT2D eigenvalue weighted by Gasteiger charge is 2.04. The molecule has 0 radical (unpaired) electrons. The molecule has 2 nitrogen and oxygen atoms in total. The summed E-state index contributed by atoms with van der Waals surface area (Å²) in [5.41, 5.74) is 2.58. The molecule has 0 aromatic heterocycles. The molecule has 94 valence electrons. The lowest BCUT2D eigenvalue weighted by molar-refractivity contribution is -0.137. The Labute approximate surface area is 104 Å². The molecule has 0 aromatic rings. The van der Waals surface area contributed by atoms with E-state index >= 15 is 0 Å². The van der Waals surface area contributed by atoms with Crippen LogP contribution in [-0.2, 0) is 9.53 Å². The van der Waals surface area contributed by atoms with Gasteiger partial charge >= 0.3 is 5.97 Å². The third kappa shape index (κ3) is 6.10. The fourth-order valence-electron chi connectivity index (χ4n) is 1.99. The number of ether oxygens (including phenoxy) is 1. The average Bonchev–Trinajstić information content (AvgIpc) is 2.30. The van der Waals surface area contributed by atoms with Crippen molar-refractivity contribution in [3.8, 4) is 0 Å². The molecule has 0 bridgehead atoms. The Bertz CT molecular complexity index is 316. The number of carbonyl (C=O) groups is 1. The molecule has 0 atom stereocenters. The molecule has 17 heavy (non-hydrogen) atoms. The van der Waals surface area contributed by atoms with Crippen LogP contribution in [0.25, 0.3) is 0 Å². The van der Waals surface area contributed by atoms with E-state index in [-0.39, 0.29) is 5.97 Å². The predicted octanol–water partition coefficient (Wildman–Crippen LogP) is 3.94. The SMILES string of the molecule is C=C(C=C1CCCCC1)C/C=C\C(=O)OCC. The van der Waals surface area contributed by atoms with Crippen LogP contribution in [0.5, 0.6) is 0 Å². The Balaban J connectivity index is 2.31. The average molecular weight is 234 g/mol. The molecule has 1 saturated carbocycles. The van der Waals surface area contributed by atoms with Gasteiger partial charge in [0.2, 0.25) is 0 Å². The number of hydrogen-bond acceptors (Lipinski definition) is 2. The molecule has 0 spiro atoms. The van der Waals surface area contributed by atoms with E-state index in [1.54, 1.807) is 6.92 Å². The van der Waals surface area contributed by atoms with E-state index in [1.165, 1.54) is 43.8 Å². The van der Waals surface area contributed by atoms with Gasteiger partial charge in [0.05, 0.1) is 6.61 Å². The lowest BCUT2D eigenvalue weighted by Crippen LogP contribution is -1.98. The zero-order valence-corrected chi connectivity index (χ0v) is 10.7. The first-order chi connectivity index (χ1) is 8.22. The normalized spacial score (nSPS) is 15.9. The zero-order chi connectivity index (χ0) is 12.5. The molecule has 1 aliphatic carbocycles. The number of hydrogen-bond donors (Lipinski definition) is 0. The predicted molar refractivity (Wildman–Crippen MR) is 70.7 cm³/mol. The fraction of sp³-hybridized carbons (Fsp3) is 0.533. The first kappa shape index (κ1) is 13.8. The number of rotatable bonds is 5. The highest BCUT2D eigenvalue weighted by molar-refractivity contribution is 5.81. The van der Waals surface area contributed by atoms with E-state index in [9.17, 15) is 4.79 Å². The van der Waals surface area contributed by atoms with Crippen molar-refractivity contribution in [3.63, 3.8) is 0 Å². The van der Waals surface area contributed by atoms with Gasteiger partial charge in [0, 0.05) is 6.08 Å². The van der Waals surface area contributed by atoms with Crippen molar-refractivity contribution in [1.29, 1.82) is 0 Å². The molecule has 0 aliphatic heterocycles. The lowest BCUT2D eigenvalue weighted by atomic mass is 9.93. The van der Waals surface area contributed by atoms with Crippen LogP contribution in [0.1, 0.15) is 45.4 Å². The first-order valence-electron chi connectivity index (χ1n) is 6.43. The highest BCUT2D eigenvalue weighted by atomic mass is 16.5. The smallest absolute Gasteiger partial charge is 0.330 e. The molecule has 0 N–H and O–H groups in total. The quantitative estimate of drug-likeness (QED) is 0.532. The van der Waals surface area contributed by atoms with Crippen LogP contribution in [-0.4, -0.2) is 12.6 Å². The van der Waals surface area contributed by atoms with Crippen LogP contribution in [0.15, 0.2) is 36.0 Å². The minimum Gasteiger partial charge on any atom is -0.463 e. The van der Waals surface area contributed by atoms with E-state index in [0.29, 0.717) is 6.61 Å². The fourth-order valence-corrected chi connectivity index (χ4v) is 1.99. The Hall–Kier alpha value is -1.31. The van der Waals surface area contributed by atoms with Crippen molar-refractivity contribution in [1.82, 2.24) is 0 Å². The monoisotopic (exact) mass is 234 g/mol. The van der Waals surface area contributed by atoms with Crippen LogP contribution in [0.3, 0.4) is 0 Å². The molecular formula is C15H22O2. The molecule has 1 rings (SSSR count). The molecule has 0 amide bonds. The summed E-state index contributed by atoms with van der Waals surface area (Å²) in [6, 6.07) is 0. The number of esters is 1. The highest BCUT2D eigenvalue weighted by Crippen LogP contribution is 2.24. The molecule has 0 saturated heterocycles. The molecule has 0 unspecified atom stereocenters.